The minimum atomic E-state index is -0.769. The van der Waals surface area contributed by atoms with Gasteiger partial charge in [-0.05, 0) is 103 Å². The molecule has 10 rings (SSSR count). The molecule has 4 fully saturated rings. The van der Waals surface area contributed by atoms with E-state index >= 15 is 8.78 Å². The van der Waals surface area contributed by atoms with Crippen LogP contribution in [0.5, 0.6) is 0 Å². The number of halogens is 2. The molecule has 0 spiro atoms. The summed E-state index contributed by atoms with van der Waals surface area (Å²) in [5, 5.41) is 5.43. The fourth-order valence-electron chi connectivity index (χ4n) is 12.0. The third kappa shape index (κ3) is 10.5. The van der Waals surface area contributed by atoms with Crippen molar-refractivity contribution in [2.24, 2.45) is 11.8 Å². The number of H-pyrrole nitrogens is 2. The maximum absolute atomic E-state index is 16.8. The molecule has 4 aliphatic heterocycles. The standard InChI is InChI=1S/C57H69F2N11O6/c1-33(2)49(64-56(73)75-5)54(71)68-22-10-14-47(68)52-60-41-18-16-36(28-43(41)62-52)45-20-21-46(70(45)38-30-39(58)51(40(59)31-38)67-26-24-66(25-27-67)32-35-12-8-7-9-13-35)37-17-19-42-44(29-37)63-53(61-42)48-15-11-23-69(48)55(72)50(34(3)4)65-57(74)76-6/h7-9,12-13,16-19,28-31,33-34,45-50H,10-11,14-15,20-27,32H2,1-6H3,(H,60,62)(H,61,63)(H,64,73)(H,65,74)/t45-,46-,47+,48+,49+,50+/m1/s1. The number of likely N-dealkylation sites (tertiary alicyclic amines) is 2. The molecule has 6 heterocycles. The molecule has 0 saturated carbocycles. The molecular formula is C57H69F2N11O6. The first-order valence-corrected chi connectivity index (χ1v) is 26.8. The topological polar surface area (TPSA) is 184 Å². The van der Waals surface area contributed by atoms with Crippen molar-refractivity contribution in [3.05, 3.63) is 119 Å². The van der Waals surface area contributed by atoms with Gasteiger partial charge in [0.2, 0.25) is 11.8 Å². The first kappa shape index (κ1) is 52.2. The minimum absolute atomic E-state index is 0.0197. The normalized spacial score (nSPS) is 21.0. The average molecular weight is 1040 g/mol. The van der Waals surface area contributed by atoms with E-state index in [1.54, 1.807) is 9.80 Å². The van der Waals surface area contributed by atoms with Crippen molar-refractivity contribution in [2.75, 3.05) is 63.3 Å². The van der Waals surface area contributed by atoms with Gasteiger partial charge in [-0.15, -0.1) is 0 Å². The molecule has 4 amide bonds. The van der Waals surface area contributed by atoms with Gasteiger partial charge in [0.1, 0.15) is 29.4 Å². The Morgan fingerprint density at radius 2 is 1.09 bits per heavy atom. The number of ether oxygens (including phenoxy) is 2. The van der Waals surface area contributed by atoms with Gasteiger partial charge in [0.25, 0.3) is 0 Å². The number of hydrogen-bond donors (Lipinski definition) is 4. The number of hydrogen-bond acceptors (Lipinski definition) is 11. The molecule has 2 aromatic heterocycles. The van der Waals surface area contributed by atoms with Crippen LogP contribution in [0.3, 0.4) is 0 Å². The summed E-state index contributed by atoms with van der Waals surface area (Å²) in [4.78, 5) is 79.3. The van der Waals surface area contributed by atoms with Crippen LogP contribution < -0.4 is 20.4 Å². The number of nitrogens with one attached hydrogen (secondary N) is 4. The highest BCUT2D eigenvalue weighted by molar-refractivity contribution is 5.88. The number of amides is 4. The lowest BCUT2D eigenvalue weighted by molar-refractivity contribution is -0.136. The van der Waals surface area contributed by atoms with Gasteiger partial charge in [-0.3, -0.25) is 14.5 Å². The Labute approximate surface area is 441 Å². The summed E-state index contributed by atoms with van der Waals surface area (Å²) in [6, 6.07) is 22.5. The summed E-state index contributed by atoms with van der Waals surface area (Å²) >= 11 is 0. The van der Waals surface area contributed by atoms with Crippen LogP contribution in [0.4, 0.5) is 29.7 Å². The third-order valence-corrected chi connectivity index (χ3v) is 15.9. The van der Waals surface area contributed by atoms with Crippen molar-refractivity contribution < 1.29 is 37.4 Å². The number of fused-ring (bicyclic) bond motifs is 2. The largest absolute Gasteiger partial charge is 0.453 e. The van der Waals surface area contributed by atoms with Gasteiger partial charge in [-0.1, -0.05) is 70.2 Å². The molecule has 0 unspecified atom stereocenters. The van der Waals surface area contributed by atoms with E-state index in [0.717, 1.165) is 52.6 Å². The molecule has 4 aliphatic rings. The Morgan fingerprint density at radius 1 is 0.618 bits per heavy atom. The van der Waals surface area contributed by atoms with Gasteiger partial charge in [0.05, 0.1) is 60.5 Å². The summed E-state index contributed by atoms with van der Waals surface area (Å²) < 4.78 is 43.3. The van der Waals surface area contributed by atoms with Gasteiger partial charge in [-0.25, -0.2) is 28.3 Å². The first-order valence-electron chi connectivity index (χ1n) is 26.8. The van der Waals surface area contributed by atoms with Crippen LogP contribution in [0.15, 0.2) is 78.9 Å². The van der Waals surface area contributed by atoms with E-state index in [1.807, 2.05) is 75.1 Å². The van der Waals surface area contributed by atoms with Gasteiger partial charge in [-0.2, -0.15) is 0 Å². The van der Waals surface area contributed by atoms with E-state index in [4.69, 9.17) is 19.4 Å². The lowest BCUT2D eigenvalue weighted by Crippen LogP contribution is -2.51. The number of aromatic nitrogens is 4. The molecule has 6 aromatic rings. The van der Waals surface area contributed by atoms with Crippen molar-refractivity contribution in [1.82, 2.24) is 45.3 Å². The number of anilines is 2. The zero-order valence-electron chi connectivity index (χ0n) is 44.2. The van der Waals surface area contributed by atoms with Crippen LogP contribution >= 0.6 is 0 Å². The van der Waals surface area contributed by atoms with Crippen molar-refractivity contribution in [1.29, 1.82) is 0 Å². The summed E-state index contributed by atoms with van der Waals surface area (Å²) in [6.45, 7) is 11.7. The SMILES string of the molecule is COC(=O)N[C@H](C(=O)N1CCC[C@H]1c1nc2ccc([C@H]3CC[C@H](c4ccc5nc([C@@H]6CCCN6C(=O)[C@@H](NC(=O)OC)C(C)C)[nH]c5c4)N3c3cc(F)c(N4CCN(Cc5ccccc5)CC4)c(F)c3)cc2[nH]1)C(C)C. The smallest absolute Gasteiger partial charge is 0.407 e. The number of benzene rings is 4. The van der Waals surface area contributed by atoms with Gasteiger partial charge in [0.15, 0.2) is 11.6 Å². The van der Waals surface area contributed by atoms with Crippen molar-refractivity contribution >= 4 is 57.4 Å². The molecule has 4 saturated heterocycles. The number of aromatic amines is 2. The summed E-state index contributed by atoms with van der Waals surface area (Å²) in [7, 11) is 2.55. The Bertz CT molecular complexity index is 2920. The Kier molecular flexibility index (Phi) is 15.2. The second kappa shape index (κ2) is 22.1. The van der Waals surface area contributed by atoms with Crippen molar-refractivity contribution in [3.8, 4) is 0 Å². The molecule has 0 aliphatic carbocycles. The number of carbonyl (C=O) groups is 4. The van der Waals surface area contributed by atoms with E-state index < -0.39 is 35.9 Å². The number of rotatable bonds is 14. The first-order chi connectivity index (χ1) is 36.7. The molecule has 76 heavy (non-hydrogen) atoms. The monoisotopic (exact) mass is 1040 g/mol. The minimum Gasteiger partial charge on any atom is -0.453 e. The zero-order chi connectivity index (χ0) is 53.4. The predicted octanol–water partition coefficient (Wildman–Crippen LogP) is 9.21. The number of nitrogens with zero attached hydrogens (tertiary/aromatic N) is 7. The summed E-state index contributed by atoms with van der Waals surface area (Å²) in [5.74, 6) is -0.686. The van der Waals surface area contributed by atoms with Crippen LogP contribution in [0.2, 0.25) is 0 Å². The number of imidazole rings is 2. The lowest BCUT2D eigenvalue weighted by Gasteiger charge is -2.37. The Hall–Kier alpha value is -7.28. The molecule has 17 nitrogen and oxygen atoms in total. The van der Waals surface area contributed by atoms with Gasteiger partial charge in [0, 0.05) is 51.5 Å². The number of piperazine rings is 1. The molecule has 402 valence electrons. The third-order valence-electron chi connectivity index (χ3n) is 15.9. The van der Waals surface area contributed by atoms with E-state index in [-0.39, 0.29) is 53.5 Å². The van der Waals surface area contributed by atoms with Crippen molar-refractivity contribution in [3.63, 3.8) is 0 Å². The molecular weight excluding hydrogens is 973 g/mol. The second-order valence-corrected chi connectivity index (χ2v) is 21.4. The number of methoxy groups -OCH3 is 2. The maximum Gasteiger partial charge on any atom is 0.407 e. The molecule has 0 radical (unpaired) electrons. The number of carbonyl (C=O) groups excluding carboxylic acids is 4. The highest BCUT2D eigenvalue weighted by Crippen LogP contribution is 2.49. The average Bonchev–Trinajstić information content (AvgIpc) is 4.30. The quantitative estimate of drug-likeness (QED) is 0.0816. The molecule has 6 atom stereocenters. The fraction of sp³-hybridized carbons (Fsp3) is 0.474. The van der Waals surface area contributed by atoms with Gasteiger partial charge < -0.3 is 49.7 Å². The summed E-state index contributed by atoms with van der Waals surface area (Å²) in [6.07, 6.45) is 2.95. The van der Waals surface area contributed by atoms with Crippen LogP contribution in [0.1, 0.15) is 119 Å². The molecule has 0 bridgehead atoms. The zero-order valence-corrected chi connectivity index (χ0v) is 44.2. The van der Waals surface area contributed by atoms with Crippen LogP contribution in [0, 0.1) is 23.5 Å². The van der Waals surface area contributed by atoms with E-state index in [0.29, 0.717) is 82.3 Å². The molecule has 19 heteroatoms. The van der Waals surface area contributed by atoms with E-state index in [9.17, 15) is 19.2 Å². The van der Waals surface area contributed by atoms with Crippen LogP contribution in [-0.2, 0) is 25.6 Å². The van der Waals surface area contributed by atoms with Crippen LogP contribution in [0.25, 0.3) is 22.1 Å². The molecule has 4 N–H and O–H groups in total. The van der Waals surface area contributed by atoms with Crippen LogP contribution in [-0.4, -0.2) is 124 Å². The Balaban J connectivity index is 0.957. The predicted molar refractivity (Wildman–Crippen MR) is 285 cm³/mol. The number of alkyl carbamates (subject to hydrolysis) is 2. The van der Waals surface area contributed by atoms with Gasteiger partial charge >= 0.3 is 12.2 Å². The fourth-order valence-corrected chi connectivity index (χ4v) is 12.0. The summed E-state index contributed by atoms with van der Waals surface area (Å²) in [5.41, 5.74) is 6.46. The highest BCUT2D eigenvalue weighted by atomic mass is 19.1. The van der Waals surface area contributed by atoms with E-state index in [2.05, 4.69) is 54.7 Å². The molecule has 4 aromatic carbocycles. The van der Waals surface area contributed by atoms with E-state index in [1.165, 1.54) is 31.9 Å². The lowest BCUT2D eigenvalue weighted by atomic mass is 10.0. The Morgan fingerprint density at radius 3 is 1.54 bits per heavy atom. The second-order valence-electron chi connectivity index (χ2n) is 21.4. The maximum atomic E-state index is 16.8. The highest BCUT2D eigenvalue weighted by Gasteiger charge is 2.41. The van der Waals surface area contributed by atoms with Crippen molar-refractivity contribution in [2.45, 2.75) is 109 Å².